The van der Waals surface area contributed by atoms with Crippen LogP contribution in [-0.4, -0.2) is 50.2 Å². The summed E-state index contributed by atoms with van der Waals surface area (Å²) in [6.07, 6.45) is 3.93. The van der Waals surface area contributed by atoms with E-state index in [0.717, 1.165) is 52.1 Å². The van der Waals surface area contributed by atoms with Crippen LogP contribution in [-0.2, 0) is 22.3 Å². The second kappa shape index (κ2) is 17.6. The van der Waals surface area contributed by atoms with Gasteiger partial charge in [0.05, 0.1) is 15.7 Å². The maximum atomic E-state index is 12.6. The first-order chi connectivity index (χ1) is 22.9. The van der Waals surface area contributed by atoms with Gasteiger partial charge in [-0.2, -0.15) is 0 Å². The lowest BCUT2D eigenvalue weighted by atomic mass is 9.87. The van der Waals surface area contributed by atoms with Gasteiger partial charge in [-0.3, -0.25) is 4.98 Å². The highest BCUT2D eigenvalue weighted by Gasteiger charge is 2.21. The summed E-state index contributed by atoms with van der Waals surface area (Å²) >= 11 is 12.6. The number of ether oxygens (including phenoxy) is 4. The van der Waals surface area contributed by atoms with E-state index in [0.29, 0.717) is 48.6 Å². The van der Waals surface area contributed by atoms with Gasteiger partial charge in [-0.15, -0.1) is 0 Å². The van der Waals surface area contributed by atoms with Crippen molar-refractivity contribution in [1.82, 2.24) is 10.3 Å². The van der Waals surface area contributed by atoms with Crippen LogP contribution in [0.4, 0.5) is 4.79 Å². The van der Waals surface area contributed by atoms with Gasteiger partial charge in [0, 0.05) is 37.9 Å². The molecule has 9 heteroatoms. The average molecular weight is 694 g/mol. The van der Waals surface area contributed by atoms with Crippen LogP contribution in [0.2, 0.25) is 10.0 Å². The molecule has 0 aliphatic rings. The summed E-state index contributed by atoms with van der Waals surface area (Å²) in [5, 5.41) is 3.95. The van der Waals surface area contributed by atoms with Crippen molar-refractivity contribution in [2.24, 2.45) is 0 Å². The number of benzene rings is 3. The minimum Gasteiger partial charge on any atom is -0.490 e. The largest absolute Gasteiger partial charge is 0.490 e. The molecule has 0 saturated carbocycles. The smallest absolute Gasteiger partial charge is 0.407 e. The Kier molecular flexibility index (Phi) is 13.6. The Bertz CT molecular complexity index is 1630. The molecule has 1 amide bonds. The molecular weight excluding hydrogens is 647 g/mol. The fourth-order valence-electron chi connectivity index (χ4n) is 5.54. The number of nitrogens with one attached hydrogen (secondary N) is 1. The van der Waals surface area contributed by atoms with E-state index in [4.69, 9.17) is 47.1 Å². The molecule has 0 radical (unpaired) electrons. The number of carbonyl (C=O) groups excluding carboxylic acids is 1. The van der Waals surface area contributed by atoms with Crippen molar-refractivity contribution in [3.63, 3.8) is 0 Å². The maximum Gasteiger partial charge on any atom is 0.407 e. The number of aryl methyl sites for hydroxylation is 3. The number of rotatable bonds is 15. The highest BCUT2D eigenvalue weighted by atomic mass is 35.5. The number of alkyl carbamates (subject to hydrolysis) is 1. The molecule has 0 saturated heterocycles. The third kappa shape index (κ3) is 11.1. The Morgan fingerprint density at radius 2 is 1.62 bits per heavy atom. The zero-order valence-corrected chi connectivity index (χ0v) is 30.2. The molecule has 1 heterocycles. The van der Waals surface area contributed by atoms with Gasteiger partial charge >= 0.3 is 6.09 Å². The second-order valence-corrected chi connectivity index (χ2v) is 13.7. The van der Waals surface area contributed by atoms with E-state index < -0.39 is 11.7 Å². The molecule has 7 nitrogen and oxygen atoms in total. The third-order valence-electron chi connectivity index (χ3n) is 7.71. The Hall–Kier alpha value is -3.78. The first kappa shape index (κ1) is 37.0. The van der Waals surface area contributed by atoms with E-state index >= 15 is 0 Å². The number of methoxy groups -OCH3 is 1. The average Bonchev–Trinajstić information content (AvgIpc) is 3.02. The third-order valence-corrected chi connectivity index (χ3v) is 8.27. The first-order valence-corrected chi connectivity index (χ1v) is 17.0. The van der Waals surface area contributed by atoms with E-state index in [9.17, 15) is 4.79 Å². The van der Waals surface area contributed by atoms with Crippen LogP contribution < -0.4 is 14.8 Å². The van der Waals surface area contributed by atoms with Crippen molar-refractivity contribution in [3.05, 3.63) is 111 Å². The number of nitrogens with zero attached hydrogens (tertiary/aromatic N) is 1. The SMILES string of the molecule is COCCCc1cccnc1-c1ccc(C(CNC(=O)OC(C)(C)C)Cc2ccc(OCCOc3c(Cl)cc(C)cc3Cl)cc2)c(C)c1. The summed E-state index contributed by atoms with van der Waals surface area (Å²) in [5.41, 5.74) is 7.03. The monoisotopic (exact) mass is 692 g/mol. The van der Waals surface area contributed by atoms with Crippen LogP contribution in [0.3, 0.4) is 0 Å². The molecule has 4 rings (SSSR count). The molecule has 0 aliphatic carbocycles. The molecule has 1 aromatic heterocycles. The number of pyridine rings is 1. The second-order valence-electron chi connectivity index (χ2n) is 12.9. The predicted molar refractivity (Wildman–Crippen MR) is 194 cm³/mol. The Morgan fingerprint density at radius 3 is 2.29 bits per heavy atom. The Balaban J connectivity index is 1.46. The number of hydrogen-bond acceptors (Lipinski definition) is 6. The van der Waals surface area contributed by atoms with E-state index in [1.807, 2.05) is 76.4 Å². The predicted octanol–water partition coefficient (Wildman–Crippen LogP) is 9.56. The van der Waals surface area contributed by atoms with Crippen LogP contribution in [0.1, 0.15) is 60.9 Å². The molecule has 0 fully saturated rings. The van der Waals surface area contributed by atoms with Gasteiger partial charge in [0.2, 0.25) is 0 Å². The molecule has 1 N–H and O–H groups in total. The van der Waals surface area contributed by atoms with Crippen molar-refractivity contribution < 1.29 is 23.7 Å². The van der Waals surface area contributed by atoms with E-state index in [1.165, 1.54) is 5.56 Å². The number of carbonyl (C=O) groups is 1. The summed E-state index contributed by atoms with van der Waals surface area (Å²) in [6.45, 7) is 11.4. The summed E-state index contributed by atoms with van der Waals surface area (Å²) in [6, 6.07) is 22.2. The molecule has 48 heavy (non-hydrogen) atoms. The van der Waals surface area contributed by atoms with Gasteiger partial charge < -0.3 is 24.3 Å². The minimum absolute atomic E-state index is 0.000601. The van der Waals surface area contributed by atoms with Crippen molar-refractivity contribution in [2.45, 2.75) is 65.4 Å². The zero-order chi connectivity index (χ0) is 34.7. The number of amides is 1. The molecule has 1 atom stereocenters. The van der Waals surface area contributed by atoms with E-state index in [2.05, 4.69) is 36.5 Å². The van der Waals surface area contributed by atoms with Gasteiger partial charge in [0.25, 0.3) is 0 Å². The Labute approximate surface area is 294 Å². The van der Waals surface area contributed by atoms with Gasteiger partial charge in [-0.25, -0.2) is 4.79 Å². The molecule has 1 unspecified atom stereocenters. The van der Waals surface area contributed by atoms with Crippen molar-refractivity contribution in [3.8, 4) is 22.8 Å². The van der Waals surface area contributed by atoms with Gasteiger partial charge in [0.1, 0.15) is 24.6 Å². The molecule has 4 aromatic rings. The molecule has 256 valence electrons. The van der Waals surface area contributed by atoms with Crippen LogP contribution in [0.25, 0.3) is 11.3 Å². The highest BCUT2D eigenvalue weighted by Crippen LogP contribution is 2.34. The molecule has 0 aliphatic heterocycles. The lowest BCUT2D eigenvalue weighted by Crippen LogP contribution is -2.35. The van der Waals surface area contributed by atoms with Gasteiger partial charge in [-0.1, -0.05) is 53.5 Å². The van der Waals surface area contributed by atoms with Crippen molar-refractivity contribution in [2.75, 3.05) is 33.5 Å². The van der Waals surface area contributed by atoms with Crippen LogP contribution in [0, 0.1) is 13.8 Å². The normalized spacial score (nSPS) is 12.0. The number of aromatic nitrogens is 1. The van der Waals surface area contributed by atoms with Crippen molar-refractivity contribution in [1.29, 1.82) is 0 Å². The summed E-state index contributed by atoms with van der Waals surface area (Å²) in [5.74, 6) is 1.18. The zero-order valence-electron chi connectivity index (χ0n) is 28.7. The Morgan fingerprint density at radius 1 is 0.917 bits per heavy atom. The quantitative estimate of drug-likeness (QED) is 0.125. The molecule has 3 aromatic carbocycles. The number of halogens is 2. The fourth-order valence-corrected chi connectivity index (χ4v) is 6.24. The molecule has 0 spiro atoms. The lowest BCUT2D eigenvalue weighted by Gasteiger charge is -2.24. The first-order valence-electron chi connectivity index (χ1n) is 16.2. The highest BCUT2D eigenvalue weighted by molar-refractivity contribution is 6.37. The van der Waals surface area contributed by atoms with Crippen molar-refractivity contribution >= 4 is 29.3 Å². The van der Waals surface area contributed by atoms with E-state index in [-0.39, 0.29) is 5.92 Å². The summed E-state index contributed by atoms with van der Waals surface area (Å²) in [4.78, 5) is 17.4. The van der Waals surface area contributed by atoms with Crippen LogP contribution >= 0.6 is 23.2 Å². The molecular formula is C39H46Cl2N2O5. The topological polar surface area (TPSA) is 78.9 Å². The maximum absolute atomic E-state index is 12.6. The summed E-state index contributed by atoms with van der Waals surface area (Å²) in [7, 11) is 1.72. The van der Waals surface area contributed by atoms with E-state index in [1.54, 1.807) is 7.11 Å². The standard InChI is InChI=1S/C39H46Cl2N2O5/c1-26-21-34(40)37(35(41)22-26)47-20-19-46-32-14-11-28(12-15-32)24-31(25-43-38(44)48-39(3,4)5)33-16-13-30(23-27(33)2)36-29(9-7-17-42-36)10-8-18-45-6/h7,9,11-17,21-23,31H,8,10,18-20,24-25H2,1-6H3,(H,43,44). The number of hydrogen-bond donors (Lipinski definition) is 1. The van der Waals surface area contributed by atoms with Gasteiger partial charge in [0.15, 0.2) is 5.75 Å². The fraction of sp³-hybridized carbons (Fsp3) is 0.385. The molecule has 0 bridgehead atoms. The summed E-state index contributed by atoms with van der Waals surface area (Å²) < 4.78 is 22.5. The van der Waals surface area contributed by atoms with Crippen LogP contribution in [0.15, 0.2) is 72.9 Å². The lowest BCUT2D eigenvalue weighted by molar-refractivity contribution is 0.0524. The van der Waals surface area contributed by atoms with Crippen LogP contribution in [0.5, 0.6) is 11.5 Å². The van der Waals surface area contributed by atoms with Gasteiger partial charge in [-0.05, 0) is 118 Å². The minimum atomic E-state index is -0.583.